The molecule has 17 heavy (non-hydrogen) atoms. The van der Waals surface area contributed by atoms with Gasteiger partial charge < -0.3 is 0 Å². The molecular formula is C14H24N2S. The Labute approximate surface area is 109 Å². The molecule has 1 aromatic heterocycles. The van der Waals surface area contributed by atoms with E-state index in [9.17, 15) is 0 Å². The van der Waals surface area contributed by atoms with Gasteiger partial charge in [0.2, 0.25) is 0 Å². The smallest absolute Gasteiger partial charge is 0.0279 e. The molecule has 1 aliphatic rings. The maximum Gasteiger partial charge on any atom is 0.0279 e. The van der Waals surface area contributed by atoms with Crippen LogP contribution in [-0.4, -0.2) is 6.04 Å². The SMILES string of the molecule is NNC(Cc1ccsc1)C1CCCCCCC1. The lowest BCUT2D eigenvalue weighted by atomic mass is 9.84. The molecule has 2 rings (SSSR count). The predicted octanol–water partition coefficient (Wildman–Crippen LogP) is 3.48. The summed E-state index contributed by atoms with van der Waals surface area (Å²) in [6.07, 6.45) is 10.8. The summed E-state index contributed by atoms with van der Waals surface area (Å²) in [4.78, 5) is 0. The number of nitrogens with two attached hydrogens (primary N) is 1. The first-order valence-corrected chi connectivity index (χ1v) is 7.81. The predicted molar refractivity (Wildman–Crippen MR) is 74.9 cm³/mol. The van der Waals surface area contributed by atoms with E-state index in [-0.39, 0.29) is 0 Å². The molecular weight excluding hydrogens is 228 g/mol. The number of hydrogen-bond acceptors (Lipinski definition) is 3. The molecule has 1 aliphatic carbocycles. The zero-order valence-corrected chi connectivity index (χ0v) is 11.3. The highest BCUT2D eigenvalue weighted by Crippen LogP contribution is 2.26. The van der Waals surface area contributed by atoms with Crippen LogP contribution in [0.3, 0.4) is 0 Å². The summed E-state index contributed by atoms with van der Waals surface area (Å²) in [6.45, 7) is 0. The van der Waals surface area contributed by atoms with Crippen molar-refractivity contribution in [3.05, 3.63) is 22.4 Å². The number of hydrazine groups is 1. The Morgan fingerprint density at radius 1 is 1.24 bits per heavy atom. The number of hydrogen-bond donors (Lipinski definition) is 2. The largest absolute Gasteiger partial charge is 0.271 e. The zero-order chi connectivity index (χ0) is 11.9. The van der Waals surface area contributed by atoms with E-state index in [0.717, 1.165) is 12.3 Å². The van der Waals surface area contributed by atoms with Crippen LogP contribution in [0, 0.1) is 5.92 Å². The molecule has 96 valence electrons. The fourth-order valence-electron chi connectivity index (χ4n) is 2.91. The van der Waals surface area contributed by atoms with Gasteiger partial charge in [-0.3, -0.25) is 11.3 Å². The molecule has 1 unspecified atom stereocenters. The highest BCUT2D eigenvalue weighted by Gasteiger charge is 2.21. The van der Waals surface area contributed by atoms with Gasteiger partial charge in [-0.25, -0.2) is 0 Å². The number of thiophene rings is 1. The quantitative estimate of drug-likeness (QED) is 0.636. The molecule has 3 heteroatoms. The summed E-state index contributed by atoms with van der Waals surface area (Å²) < 4.78 is 0. The molecule has 0 bridgehead atoms. The van der Waals surface area contributed by atoms with E-state index in [1.54, 1.807) is 11.3 Å². The third-order valence-corrected chi connectivity index (χ3v) is 4.70. The minimum atomic E-state index is 0.461. The molecule has 0 radical (unpaired) electrons. The Morgan fingerprint density at radius 2 is 1.94 bits per heavy atom. The summed E-state index contributed by atoms with van der Waals surface area (Å²) in [6, 6.07) is 2.68. The van der Waals surface area contributed by atoms with Crippen molar-refractivity contribution in [2.24, 2.45) is 11.8 Å². The van der Waals surface area contributed by atoms with Gasteiger partial charge in [0.25, 0.3) is 0 Å². The topological polar surface area (TPSA) is 38.0 Å². The van der Waals surface area contributed by atoms with Crippen molar-refractivity contribution < 1.29 is 0 Å². The van der Waals surface area contributed by atoms with Gasteiger partial charge in [0.05, 0.1) is 0 Å². The van der Waals surface area contributed by atoms with Gasteiger partial charge in [-0.2, -0.15) is 11.3 Å². The first-order chi connectivity index (χ1) is 8.40. The van der Waals surface area contributed by atoms with Crippen molar-refractivity contribution in [3.8, 4) is 0 Å². The lowest BCUT2D eigenvalue weighted by Crippen LogP contribution is -2.42. The molecule has 0 saturated heterocycles. The average molecular weight is 252 g/mol. The van der Waals surface area contributed by atoms with Crippen LogP contribution in [0.25, 0.3) is 0 Å². The third kappa shape index (κ3) is 4.09. The molecule has 1 heterocycles. The van der Waals surface area contributed by atoms with Gasteiger partial charge in [-0.05, 0) is 47.6 Å². The molecule has 1 aromatic rings. The lowest BCUT2D eigenvalue weighted by Gasteiger charge is -2.28. The molecule has 1 atom stereocenters. The fourth-order valence-corrected chi connectivity index (χ4v) is 3.60. The van der Waals surface area contributed by atoms with E-state index in [2.05, 4.69) is 22.3 Å². The Hall–Kier alpha value is -0.380. The van der Waals surface area contributed by atoms with Gasteiger partial charge in [0.15, 0.2) is 0 Å². The molecule has 0 aliphatic heterocycles. The summed E-state index contributed by atoms with van der Waals surface area (Å²) in [5.74, 6) is 6.53. The average Bonchev–Trinajstić information content (AvgIpc) is 2.79. The minimum absolute atomic E-state index is 0.461. The van der Waals surface area contributed by atoms with Gasteiger partial charge in [0.1, 0.15) is 0 Å². The highest BCUT2D eigenvalue weighted by molar-refractivity contribution is 7.07. The van der Waals surface area contributed by atoms with E-state index in [0.29, 0.717) is 6.04 Å². The maximum absolute atomic E-state index is 5.76. The van der Waals surface area contributed by atoms with Crippen molar-refractivity contribution >= 4 is 11.3 Å². The van der Waals surface area contributed by atoms with Gasteiger partial charge in [-0.1, -0.05) is 32.1 Å². The second kappa shape index (κ2) is 7.14. The molecule has 3 N–H and O–H groups in total. The van der Waals surface area contributed by atoms with E-state index < -0.39 is 0 Å². The summed E-state index contributed by atoms with van der Waals surface area (Å²) in [5.41, 5.74) is 4.49. The second-order valence-corrected chi connectivity index (χ2v) is 5.99. The standard InChI is InChI=1S/C14H24N2S/c15-16-14(10-12-8-9-17-11-12)13-6-4-2-1-3-5-7-13/h8-9,11,13-14,16H,1-7,10,15H2. The van der Waals surface area contributed by atoms with Crippen molar-refractivity contribution in [3.63, 3.8) is 0 Å². The van der Waals surface area contributed by atoms with Crippen LogP contribution in [0.4, 0.5) is 0 Å². The second-order valence-electron chi connectivity index (χ2n) is 5.21. The van der Waals surface area contributed by atoms with Crippen molar-refractivity contribution in [2.45, 2.75) is 57.4 Å². The zero-order valence-electron chi connectivity index (χ0n) is 10.5. The lowest BCUT2D eigenvalue weighted by molar-refractivity contribution is 0.285. The third-order valence-electron chi connectivity index (χ3n) is 3.97. The number of rotatable bonds is 4. The highest BCUT2D eigenvalue weighted by atomic mass is 32.1. The van der Waals surface area contributed by atoms with Crippen LogP contribution in [-0.2, 0) is 6.42 Å². The summed E-state index contributed by atoms with van der Waals surface area (Å²) in [7, 11) is 0. The Balaban J connectivity index is 1.90. The van der Waals surface area contributed by atoms with Crippen molar-refractivity contribution in [2.75, 3.05) is 0 Å². The summed E-state index contributed by atoms with van der Waals surface area (Å²) in [5, 5.41) is 4.40. The Morgan fingerprint density at radius 3 is 2.53 bits per heavy atom. The van der Waals surface area contributed by atoms with E-state index >= 15 is 0 Å². The number of nitrogens with one attached hydrogen (secondary N) is 1. The molecule has 0 aromatic carbocycles. The van der Waals surface area contributed by atoms with Crippen LogP contribution >= 0.6 is 11.3 Å². The molecule has 0 spiro atoms. The molecule has 1 fully saturated rings. The van der Waals surface area contributed by atoms with Gasteiger partial charge in [0, 0.05) is 6.04 Å². The Bertz CT molecular complexity index is 289. The van der Waals surface area contributed by atoms with Crippen LogP contribution in [0.5, 0.6) is 0 Å². The summed E-state index contributed by atoms with van der Waals surface area (Å²) >= 11 is 1.78. The molecule has 1 saturated carbocycles. The first kappa shape index (κ1) is 13.1. The fraction of sp³-hybridized carbons (Fsp3) is 0.714. The van der Waals surface area contributed by atoms with Crippen LogP contribution in [0.1, 0.15) is 50.5 Å². The van der Waals surface area contributed by atoms with Crippen LogP contribution < -0.4 is 11.3 Å². The van der Waals surface area contributed by atoms with E-state index in [1.807, 2.05) is 0 Å². The first-order valence-electron chi connectivity index (χ1n) is 6.87. The van der Waals surface area contributed by atoms with E-state index in [1.165, 1.54) is 50.5 Å². The van der Waals surface area contributed by atoms with Crippen molar-refractivity contribution in [1.82, 2.24) is 5.43 Å². The minimum Gasteiger partial charge on any atom is -0.271 e. The van der Waals surface area contributed by atoms with Gasteiger partial charge >= 0.3 is 0 Å². The molecule has 2 nitrogen and oxygen atoms in total. The Kier molecular flexibility index (Phi) is 5.49. The monoisotopic (exact) mass is 252 g/mol. The van der Waals surface area contributed by atoms with Crippen LogP contribution in [0.15, 0.2) is 16.8 Å². The molecule has 0 amide bonds. The van der Waals surface area contributed by atoms with Crippen molar-refractivity contribution in [1.29, 1.82) is 0 Å². The van der Waals surface area contributed by atoms with Crippen LogP contribution in [0.2, 0.25) is 0 Å². The maximum atomic E-state index is 5.76. The van der Waals surface area contributed by atoms with Gasteiger partial charge in [-0.15, -0.1) is 0 Å². The van der Waals surface area contributed by atoms with E-state index in [4.69, 9.17) is 5.84 Å². The normalized spacial score (nSPS) is 20.8.